The van der Waals surface area contributed by atoms with Crippen LogP contribution in [0.25, 0.3) is 0 Å². The van der Waals surface area contributed by atoms with Crippen molar-refractivity contribution in [2.24, 2.45) is 5.92 Å². The van der Waals surface area contributed by atoms with Gasteiger partial charge < -0.3 is 15.3 Å². The SMILES string of the molecule is CCCCC(NC(=O)C(C(C)C)N1CCCC1=O)C(=O)O. The first-order valence-electron chi connectivity index (χ1n) is 7.71. The molecule has 0 aromatic heterocycles. The Balaban J connectivity index is 2.75. The Morgan fingerprint density at radius 2 is 2.05 bits per heavy atom. The smallest absolute Gasteiger partial charge is 0.326 e. The van der Waals surface area contributed by atoms with E-state index in [1.807, 2.05) is 20.8 Å². The summed E-state index contributed by atoms with van der Waals surface area (Å²) < 4.78 is 0. The van der Waals surface area contributed by atoms with Gasteiger partial charge in [0.1, 0.15) is 12.1 Å². The molecule has 2 atom stereocenters. The van der Waals surface area contributed by atoms with Crippen molar-refractivity contribution in [1.29, 1.82) is 0 Å². The highest BCUT2D eigenvalue weighted by molar-refractivity contribution is 5.91. The number of carbonyl (C=O) groups is 3. The number of nitrogens with one attached hydrogen (secondary N) is 1. The number of amides is 2. The van der Waals surface area contributed by atoms with Crippen molar-refractivity contribution < 1.29 is 19.5 Å². The lowest BCUT2D eigenvalue weighted by atomic mass is 10.0. The van der Waals surface area contributed by atoms with Gasteiger partial charge in [-0.25, -0.2) is 4.79 Å². The summed E-state index contributed by atoms with van der Waals surface area (Å²) in [7, 11) is 0. The van der Waals surface area contributed by atoms with Crippen molar-refractivity contribution in [3.8, 4) is 0 Å². The van der Waals surface area contributed by atoms with Gasteiger partial charge in [0.2, 0.25) is 11.8 Å². The normalized spacial score (nSPS) is 17.9. The Hall–Kier alpha value is -1.59. The van der Waals surface area contributed by atoms with Gasteiger partial charge in [0, 0.05) is 13.0 Å². The topological polar surface area (TPSA) is 86.7 Å². The average Bonchev–Trinajstić information content (AvgIpc) is 2.80. The molecular formula is C15H26N2O4. The van der Waals surface area contributed by atoms with Crippen molar-refractivity contribution >= 4 is 17.8 Å². The highest BCUT2D eigenvalue weighted by Gasteiger charge is 2.36. The summed E-state index contributed by atoms with van der Waals surface area (Å²) in [5, 5.41) is 11.8. The first kappa shape index (κ1) is 17.5. The zero-order chi connectivity index (χ0) is 16.0. The molecule has 0 saturated carbocycles. The minimum Gasteiger partial charge on any atom is -0.480 e. The van der Waals surface area contributed by atoms with E-state index >= 15 is 0 Å². The van der Waals surface area contributed by atoms with Gasteiger partial charge in [-0.3, -0.25) is 9.59 Å². The molecule has 120 valence electrons. The number of carbonyl (C=O) groups excluding carboxylic acids is 2. The van der Waals surface area contributed by atoms with Gasteiger partial charge in [0.05, 0.1) is 0 Å². The Labute approximate surface area is 125 Å². The molecule has 0 radical (unpaired) electrons. The molecule has 1 rings (SSSR count). The molecule has 1 aliphatic rings. The number of hydrogen-bond acceptors (Lipinski definition) is 3. The van der Waals surface area contributed by atoms with Crippen LogP contribution in [0.1, 0.15) is 52.9 Å². The first-order chi connectivity index (χ1) is 9.88. The molecule has 1 heterocycles. The molecule has 6 nitrogen and oxygen atoms in total. The van der Waals surface area contributed by atoms with E-state index in [1.54, 1.807) is 4.90 Å². The maximum absolute atomic E-state index is 12.4. The summed E-state index contributed by atoms with van der Waals surface area (Å²) in [5.41, 5.74) is 0. The number of carboxylic acid groups (broad SMARTS) is 1. The van der Waals surface area contributed by atoms with Crippen molar-refractivity contribution in [2.45, 2.75) is 65.0 Å². The van der Waals surface area contributed by atoms with Gasteiger partial charge in [-0.15, -0.1) is 0 Å². The summed E-state index contributed by atoms with van der Waals surface area (Å²) in [4.78, 5) is 37.1. The average molecular weight is 298 g/mol. The molecule has 6 heteroatoms. The third kappa shape index (κ3) is 4.72. The van der Waals surface area contributed by atoms with Crippen LogP contribution in [-0.2, 0) is 14.4 Å². The van der Waals surface area contributed by atoms with Crippen molar-refractivity contribution in [2.75, 3.05) is 6.54 Å². The standard InChI is InChI=1S/C15H26N2O4/c1-4-5-7-11(15(20)21)16-14(19)13(10(2)3)17-9-6-8-12(17)18/h10-11,13H,4-9H2,1-3H3,(H,16,19)(H,20,21). The molecule has 2 amide bonds. The molecule has 0 spiro atoms. The van der Waals surface area contributed by atoms with E-state index in [9.17, 15) is 19.5 Å². The maximum Gasteiger partial charge on any atom is 0.326 e. The number of unbranched alkanes of at least 4 members (excludes halogenated alkanes) is 1. The lowest BCUT2D eigenvalue weighted by molar-refractivity contribution is -0.144. The summed E-state index contributed by atoms with van der Waals surface area (Å²) in [6.45, 7) is 6.29. The van der Waals surface area contributed by atoms with Crippen LogP contribution in [0.3, 0.4) is 0 Å². The highest BCUT2D eigenvalue weighted by Crippen LogP contribution is 2.19. The predicted molar refractivity (Wildman–Crippen MR) is 78.7 cm³/mol. The van der Waals surface area contributed by atoms with Crippen LogP contribution in [0.2, 0.25) is 0 Å². The molecule has 1 aliphatic heterocycles. The Bertz CT molecular complexity index is 395. The Kier molecular flexibility index (Phi) is 6.65. The van der Waals surface area contributed by atoms with Gasteiger partial charge in [0.25, 0.3) is 0 Å². The van der Waals surface area contributed by atoms with Gasteiger partial charge in [0.15, 0.2) is 0 Å². The monoisotopic (exact) mass is 298 g/mol. The van der Waals surface area contributed by atoms with E-state index < -0.39 is 18.1 Å². The van der Waals surface area contributed by atoms with Crippen LogP contribution in [0, 0.1) is 5.92 Å². The summed E-state index contributed by atoms with van der Waals surface area (Å²) >= 11 is 0. The number of nitrogens with zero attached hydrogens (tertiary/aromatic N) is 1. The lowest BCUT2D eigenvalue weighted by Crippen LogP contribution is -2.54. The zero-order valence-electron chi connectivity index (χ0n) is 13.1. The molecule has 1 fully saturated rings. The predicted octanol–water partition coefficient (Wildman–Crippen LogP) is 1.39. The van der Waals surface area contributed by atoms with Crippen LogP contribution in [0.4, 0.5) is 0 Å². The second kappa shape index (κ2) is 8.00. The minimum absolute atomic E-state index is 0.0238. The third-order valence-electron chi connectivity index (χ3n) is 3.81. The summed E-state index contributed by atoms with van der Waals surface area (Å²) in [6.07, 6.45) is 3.25. The van der Waals surface area contributed by atoms with Crippen molar-refractivity contribution in [3.05, 3.63) is 0 Å². The zero-order valence-corrected chi connectivity index (χ0v) is 13.1. The van der Waals surface area contributed by atoms with Gasteiger partial charge in [-0.05, 0) is 18.8 Å². The number of carboxylic acids is 1. The van der Waals surface area contributed by atoms with E-state index in [-0.39, 0.29) is 17.7 Å². The van der Waals surface area contributed by atoms with Gasteiger partial charge in [-0.2, -0.15) is 0 Å². The molecule has 0 aromatic rings. The molecule has 0 aromatic carbocycles. The maximum atomic E-state index is 12.4. The second-order valence-electron chi connectivity index (χ2n) is 5.92. The molecule has 2 N–H and O–H groups in total. The van der Waals surface area contributed by atoms with Crippen molar-refractivity contribution in [3.63, 3.8) is 0 Å². The second-order valence-corrected chi connectivity index (χ2v) is 5.92. The Morgan fingerprint density at radius 1 is 1.38 bits per heavy atom. The number of likely N-dealkylation sites (tertiary alicyclic amines) is 1. The quantitative estimate of drug-likeness (QED) is 0.709. The number of rotatable bonds is 8. The van der Waals surface area contributed by atoms with Crippen LogP contribution in [0.5, 0.6) is 0 Å². The molecular weight excluding hydrogens is 272 g/mol. The fourth-order valence-electron chi connectivity index (χ4n) is 2.69. The molecule has 21 heavy (non-hydrogen) atoms. The van der Waals surface area contributed by atoms with Crippen LogP contribution in [0.15, 0.2) is 0 Å². The lowest BCUT2D eigenvalue weighted by Gasteiger charge is -2.31. The van der Waals surface area contributed by atoms with Crippen LogP contribution in [-0.4, -0.2) is 46.4 Å². The molecule has 0 aliphatic carbocycles. The molecule has 1 saturated heterocycles. The van der Waals surface area contributed by atoms with E-state index in [2.05, 4.69) is 5.32 Å². The van der Waals surface area contributed by atoms with Crippen LogP contribution >= 0.6 is 0 Å². The fourth-order valence-corrected chi connectivity index (χ4v) is 2.69. The van der Waals surface area contributed by atoms with E-state index in [0.717, 1.165) is 19.3 Å². The fraction of sp³-hybridized carbons (Fsp3) is 0.800. The Morgan fingerprint density at radius 3 is 2.48 bits per heavy atom. The molecule has 2 unspecified atom stereocenters. The van der Waals surface area contributed by atoms with Crippen molar-refractivity contribution in [1.82, 2.24) is 10.2 Å². The first-order valence-corrected chi connectivity index (χ1v) is 7.71. The minimum atomic E-state index is -1.02. The van der Waals surface area contributed by atoms with E-state index in [0.29, 0.717) is 19.4 Å². The number of hydrogen-bond donors (Lipinski definition) is 2. The largest absolute Gasteiger partial charge is 0.480 e. The number of aliphatic carboxylic acids is 1. The summed E-state index contributed by atoms with van der Waals surface area (Å²) in [6, 6.07) is -1.46. The highest BCUT2D eigenvalue weighted by atomic mass is 16.4. The third-order valence-corrected chi connectivity index (χ3v) is 3.81. The van der Waals surface area contributed by atoms with Crippen LogP contribution < -0.4 is 5.32 Å². The molecule has 0 bridgehead atoms. The van der Waals surface area contributed by atoms with E-state index in [1.165, 1.54) is 0 Å². The summed E-state index contributed by atoms with van der Waals surface area (Å²) in [5.74, 6) is -1.45. The van der Waals surface area contributed by atoms with Gasteiger partial charge in [-0.1, -0.05) is 33.6 Å². The van der Waals surface area contributed by atoms with Gasteiger partial charge >= 0.3 is 5.97 Å². The van der Waals surface area contributed by atoms with E-state index in [4.69, 9.17) is 0 Å².